The average Bonchev–Trinajstić information content (AvgIpc) is 3.34. The Morgan fingerprint density at radius 2 is 1.71 bits per heavy atom. The van der Waals surface area contributed by atoms with Crippen LogP contribution < -0.4 is 38.1 Å². The molecule has 52 heavy (non-hydrogen) atoms. The number of carboxylic acids is 1. The summed E-state index contributed by atoms with van der Waals surface area (Å²) in [6, 6.07) is -6.54. The number of amides is 5. The molecule has 0 fully saturated rings. The van der Waals surface area contributed by atoms with Gasteiger partial charge in [-0.2, -0.15) is 0 Å². The summed E-state index contributed by atoms with van der Waals surface area (Å²) in [6.07, 6.45) is -5.57. The van der Waals surface area contributed by atoms with Crippen molar-refractivity contribution in [2.24, 2.45) is 23.3 Å². The van der Waals surface area contributed by atoms with Crippen LogP contribution in [0.4, 0.5) is 0 Å². The quantitative estimate of drug-likeness (QED) is 0.0643. The minimum Gasteiger partial charge on any atom is -0.491 e. The number of carbonyl (C=O) groups excluding carboxylic acids is 6. The number of alkyl halides is 2. The predicted molar refractivity (Wildman–Crippen MR) is 187 cm³/mol. The third-order valence-corrected chi connectivity index (χ3v) is 9.41. The van der Waals surface area contributed by atoms with E-state index < -0.39 is 126 Å². The molecule has 0 saturated carbocycles. The third kappa shape index (κ3) is 12.3. The predicted octanol–water partition coefficient (Wildman–Crippen LogP) is -1.87. The SMILES string of the molecule is CC(C)C1OC2=C(C[C@@H](C(=O)O)NC(=O)/C(=C/Cl)NC(=O)[C@H]1NC(=O)[C@@H](NC(=O)[C@H](CC(C)C(Cl)Cl)NC(=O)CN)[C@H](O)CCCN)C(=O)C(O)C2. The van der Waals surface area contributed by atoms with Crippen molar-refractivity contribution in [3.8, 4) is 0 Å². The number of ketones is 1. The van der Waals surface area contributed by atoms with Crippen molar-refractivity contribution in [1.82, 2.24) is 26.6 Å². The molecule has 1 aliphatic carbocycles. The summed E-state index contributed by atoms with van der Waals surface area (Å²) < 4.78 is 6.12. The number of halogens is 3. The molecule has 12 N–H and O–H groups in total. The highest BCUT2D eigenvalue weighted by Crippen LogP contribution is 2.31. The number of carbonyl (C=O) groups is 7. The lowest BCUT2D eigenvalue weighted by Crippen LogP contribution is -2.63. The molecule has 292 valence electrons. The summed E-state index contributed by atoms with van der Waals surface area (Å²) in [6.45, 7) is 4.41. The molecule has 8 atom stereocenters. The van der Waals surface area contributed by atoms with Crippen LogP contribution in [0.2, 0.25) is 0 Å². The van der Waals surface area contributed by atoms with Crippen molar-refractivity contribution in [1.29, 1.82) is 0 Å². The van der Waals surface area contributed by atoms with E-state index in [1.807, 2.05) is 0 Å². The van der Waals surface area contributed by atoms with E-state index in [0.717, 1.165) is 0 Å². The second kappa shape index (κ2) is 20.6. The van der Waals surface area contributed by atoms with E-state index in [0.29, 0.717) is 5.54 Å². The first-order chi connectivity index (χ1) is 24.4. The fourth-order valence-corrected chi connectivity index (χ4v) is 5.74. The fourth-order valence-electron chi connectivity index (χ4n) is 5.38. The van der Waals surface area contributed by atoms with Crippen LogP contribution in [0, 0.1) is 11.8 Å². The Bertz CT molecular complexity index is 1430. The summed E-state index contributed by atoms with van der Waals surface area (Å²) in [4.78, 5) is 90.7. The number of ether oxygens (including phenoxy) is 1. The van der Waals surface area contributed by atoms with Gasteiger partial charge < -0.3 is 58.1 Å². The first kappa shape index (κ1) is 44.6. The Balaban J connectivity index is 2.63. The highest BCUT2D eigenvalue weighted by Gasteiger charge is 2.43. The lowest BCUT2D eigenvalue weighted by Gasteiger charge is -2.34. The molecule has 0 aromatic rings. The number of aliphatic carboxylic acids is 1. The number of carboxylic acid groups (broad SMARTS) is 1. The van der Waals surface area contributed by atoms with Crippen LogP contribution in [0.15, 0.2) is 22.6 Å². The number of hydrogen-bond acceptors (Lipinski definition) is 12. The van der Waals surface area contributed by atoms with E-state index >= 15 is 0 Å². The summed E-state index contributed by atoms with van der Waals surface area (Å²) >= 11 is 17.8. The number of nitrogens with two attached hydrogens (primary N) is 2. The number of hydrogen-bond donors (Lipinski definition) is 10. The van der Waals surface area contributed by atoms with E-state index in [9.17, 15) is 48.9 Å². The molecule has 2 aliphatic rings. The van der Waals surface area contributed by atoms with Crippen LogP contribution in [0.25, 0.3) is 0 Å². The number of nitrogens with one attached hydrogen (secondary N) is 5. The van der Waals surface area contributed by atoms with Gasteiger partial charge in [-0.15, -0.1) is 23.2 Å². The zero-order valence-corrected chi connectivity index (χ0v) is 31.0. The lowest BCUT2D eigenvalue weighted by atomic mass is 9.96. The van der Waals surface area contributed by atoms with Crippen LogP contribution >= 0.6 is 34.8 Å². The van der Waals surface area contributed by atoms with Crippen LogP contribution in [-0.2, 0) is 38.3 Å². The third-order valence-electron chi connectivity index (χ3n) is 8.33. The zero-order chi connectivity index (χ0) is 39.4. The van der Waals surface area contributed by atoms with E-state index in [1.54, 1.807) is 20.8 Å². The standard InChI is InChI=1S/C31H46Cl3N7O11/c1-12(2)25-23(30(49)39-17(10-32)28(47)38-16(31(50)51)8-14-20(52-25)9-19(43)24(14)45)41-29(48)22(18(42)5-4-6-35)40-27(46)15(37-21(44)11-36)7-13(3)26(33)34/h10,12-13,15-16,18-19,22-23,25-26,42-43H,4-9,11,35-36H2,1-3H3,(H,37,44)(H,38,47)(H,39,49)(H,40,46)(H,41,48)(H,50,51)/b17-10-/t13?,15-,16-,18+,19?,22-,23-,25?/m0/s1. The van der Waals surface area contributed by atoms with Gasteiger partial charge in [0.2, 0.25) is 17.7 Å². The number of Topliss-reactive ketones (excluding diaryl/α,β-unsaturated/α-hetero) is 1. The molecule has 1 heterocycles. The van der Waals surface area contributed by atoms with Crippen LogP contribution in [0.1, 0.15) is 52.9 Å². The smallest absolute Gasteiger partial charge is 0.326 e. The number of aliphatic hydroxyl groups is 2. The Kier molecular flexibility index (Phi) is 17.7. The number of aliphatic hydroxyl groups excluding tert-OH is 2. The van der Waals surface area contributed by atoms with Crippen LogP contribution in [-0.4, -0.2) is 117 Å². The second-order valence-electron chi connectivity index (χ2n) is 12.7. The van der Waals surface area contributed by atoms with Crippen molar-refractivity contribution in [3.63, 3.8) is 0 Å². The molecule has 3 unspecified atom stereocenters. The summed E-state index contributed by atoms with van der Waals surface area (Å²) in [5.74, 6) is -8.81. The molecule has 5 amide bonds. The second-order valence-corrected chi connectivity index (χ2v) is 14.1. The summed E-state index contributed by atoms with van der Waals surface area (Å²) in [5.41, 5.74) is 10.8. The van der Waals surface area contributed by atoms with Crippen molar-refractivity contribution < 1.29 is 53.6 Å². The van der Waals surface area contributed by atoms with E-state index in [1.165, 1.54) is 0 Å². The average molecular weight is 799 g/mol. The van der Waals surface area contributed by atoms with Gasteiger partial charge in [-0.3, -0.25) is 28.8 Å². The van der Waals surface area contributed by atoms with Gasteiger partial charge in [0.05, 0.1) is 12.6 Å². The molecule has 0 aromatic heterocycles. The van der Waals surface area contributed by atoms with Crippen molar-refractivity contribution in [3.05, 3.63) is 22.6 Å². The molecule has 21 heteroatoms. The molecule has 0 aromatic carbocycles. The molecular formula is C31H46Cl3N7O11. The molecule has 0 bridgehead atoms. The Morgan fingerprint density at radius 1 is 1.06 bits per heavy atom. The van der Waals surface area contributed by atoms with E-state index in [4.69, 9.17) is 51.0 Å². The maximum absolute atomic E-state index is 14.0. The Morgan fingerprint density at radius 3 is 2.25 bits per heavy atom. The van der Waals surface area contributed by atoms with Gasteiger partial charge in [0.25, 0.3) is 11.8 Å². The van der Waals surface area contributed by atoms with Crippen molar-refractivity contribution in [2.45, 2.75) is 100 Å². The molecule has 0 saturated heterocycles. The Hall–Kier alpha value is -3.52. The highest BCUT2D eigenvalue weighted by atomic mass is 35.5. The van der Waals surface area contributed by atoms with Gasteiger partial charge >= 0.3 is 5.97 Å². The normalized spacial score (nSPS) is 24.4. The molecule has 2 rings (SSSR count). The van der Waals surface area contributed by atoms with Gasteiger partial charge in [-0.1, -0.05) is 32.4 Å². The molecule has 0 radical (unpaired) electrons. The van der Waals surface area contributed by atoms with Gasteiger partial charge in [-0.25, -0.2) is 4.79 Å². The topological polar surface area (TPSA) is 302 Å². The van der Waals surface area contributed by atoms with Crippen molar-refractivity contribution in [2.75, 3.05) is 13.1 Å². The van der Waals surface area contributed by atoms with Gasteiger partial charge in [0, 0.05) is 23.9 Å². The van der Waals surface area contributed by atoms with Gasteiger partial charge in [-0.05, 0) is 37.6 Å². The largest absolute Gasteiger partial charge is 0.491 e. The minimum atomic E-state index is -1.77. The highest BCUT2D eigenvalue weighted by molar-refractivity contribution is 6.44. The monoisotopic (exact) mass is 797 g/mol. The molecular weight excluding hydrogens is 753 g/mol. The maximum Gasteiger partial charge on any atom is 0.326 e. The zero-order valence-electron chi connectivity index (χ0n) is 28.7. The van der Waals surface area contributed by atoms with E-state index in [-0.39, 0.29) is 37.1 Å². The number of rotatable bonds is 15. The Labute approximate surface area is 314 Å². The first-order valence-electron chi connectivity index (χ1n) is 16.4. The van der Waals surface area contributed by atoms with Gasteiger partial charge in [0.1, 0.15) is 52.7 Å². The first-order valence-corrected chi connectivity index (χ1v) is 17.7. The maximum atomic E-state index is 14.0. The summed E-state index contributed by atoms with van der Waals surface area (Å²) in [5, 5.41) is 43.0. The van der Waals surface area contributed by atoms with Crippen LogP contribution in [0.3, 0.4) is 0 Å². The fraction of sp³-hybridized carbons (Fsp3) is 0.645. The lowest BCUT2D eigenvalue weighted by molar-refractivity contribution is -0.141. The molecule has 18 nitrogen and oxygen atoms in total. The minimum absolute atomic E-state index is 0.0994. The summed E-state index contributed by atoms with van der Waals surface area (Å²) in [7, 11) is 0. The van der Waals surface area contributed by atoms with Crippen molar-refractivity contribution >= 4 is 76.1 Å². The van der Waals surface area contributed by atoms with Gasteiger partial charge in [0.15, 0.2) is 5.78 Å². The van der Waals surface area contributed by atoms with E-state index in [2.05, 4.69) is 26.6 Å². The molecule has 1 aliphatic heterocycles. The van der Waals surface area contributed by atoms with Crippen LogP contribution in [0.5, 0.6) is 0 Å². The molecule has 0 spiro atoms.